The molecule has 0 unspecified atom stereocenters. The van der Waals surface area contributed by atoms with Gasteiger partial charge in [0.25, 0.3) is 11.8 Å². The van der Waals surface area contributed by atoms with Crippen molar-refractivity contribution in [1.29, 1.82) is 0 Å². The summed E-state index contributed by atoms with van der Waals surface area (Å²) in [5, 5.41) is 2.90. The van der Waals surface area contributed by atoms with E-state index in [0.29, 0.717) is 22.9 Å². The number of benzene rings is 1. The molecule has 6 nitrogen and oxygen atoms in total. The first kappa shape index (κ1) is 19.8. The second-order valence-electron chi connectivity index (χ2n) is 5.86. The SMILES string of the molecule is CCc1ccc(C(=O)NCc2ccc(OCC(=O)N(C)C)c(OC)c2)s1. The van der Waals surface area contributed by atoms with Crippen LogP contribution in [0.15, 0.2) is 30.3 Å². The van der Waals surface area contributed by atoms with E-state index in [9.17, 15) is 9.59 Å². The minimum atomic E-state index is -0.134. The van der Waals surface area contributed by atoms with E-state index in [0.717, 1.165) is 12.0 Å². The summed E-state index contributed by atoms with van der Waals surface area (Å²) >= 11 is 1.51. The Morgan fingerprint density at radius 3 is 2.54 bits per heavy atom. The molecule has 0 radical (unpaired) electrons. The lowest BCUT2D eigenvalue weighted by atomic mass is 10.2. The van der Waals surface area contributed by atoms with Crippen LogP contribution in [-0.4, -0.2) is 44.5 Å². The van der Waals surface area contributed by atoms with Crippen molar-refractivity contribution in [1.82, 2.24) is 10.2 Å². The number of ether oxygens (including phenoxy) is 2. The molecule has 1 heterocycles. The molecule has 0 saturated carbocycles. The number of rotatable bonds is 8. The molecule has 2 amide bonds. The van der Waals surface area contributed by atoms with Crippen molar-refractivity contribution < 1.29 is 19.1 Å². The number of carbonyl (C=O) groups is 2. The van der Waals surface area contributed by atoms with Crippen molar-refractivity contribution in [3.63, 3.8) is 0 Å². The van der Waals surface area contributed by atoms with Gasteiger partial charge < -0.3 is 19.7 Å². The van der Waals surface area contributed by atoms with E-state index in [1.807, 2.05) is 18.2 Å². The van der Waals surface area contributed by atoms with Gasteiger partial charge in [0.15, 0.2) is 18.1 Å². The van der Waals surface area contributed by atoms with Gasteiger partial charge in [0.1, 0.15) is 0 Å². The molecule has 1 N–H and O–H groups in total. The van der Waals surface area contributed by atoms with E-state index in [1.54, 1.807) is 26.2 Å². The van der Waals surface area contributed by atoms with Crippen LogP contribution in [0.3, 0.4) is 0 Å². The van der Waals surface area contributed by atoms with Crippen LogP contribution >= 0.6 is 11.3 Å². The number of thiophene rings is 1. The van der Waals surface area contributed by atoms with Gasteiger partial charge in [-0.05, 0) is 36.2 Å². The maximum absolute atomic E-state index is 12.2. The zero-order valence-electron chi connectivity index (χ0n) is 15.5. The third-order valence-electron chi connectivity index (χ3n) is 3.76. The summed E-state index contributed by atoms with van der Waals surface area (Å²) in [6.45, 7) is 2.39. The lowest BCUT2D eigenvalue weighted by Crippen LogP contribution is -2.27. The fraction of sp³-hybridized carbons (Fsp3) is 0.368. The number of likely N-dealkylation sites (N-methyl/N-ethyl adjacent to an activating group) is 1. The molecule has 0 saturated heterocycles. The van der Waals surface area contributed by atoms with E-state index in [2.05, 4.69) is 12.2 Å². The molecule has 7 heteroatoms. The normalized spacial score (nSPS) is 10.3. The summed E-state index contributed by atoms with van der Waals surface area (Å²) in [5.74, 6) is 0.785. The van der Waals surface area contributed by atoms with Gasteiger partial charge in [-0.25, -0.2) is 0 Å². The molecule has 140 valence electrons. The number of carbonyl (C=O) groups excluding carboxylic acids is 2. The molecule has 0 aliphatic heterocycles. The lowest BCUT2D eigenvalue weighted by Gasteiger charge is -2.14. The molecule has 0 atom stereocenters. The highest BCUT2D eigenvalue weighted by Gasteiger charge is 2.12. The fourth-order valence-electron chi connectivity index (χ4n) is 2.17. The highest BCUT2D eigenvalue weighted by atomic mass is 32.1. The number of nitrogens with one attached hydrogen (secondary N) is 1. The van der Waals surface area contributed by atoms with E-state index >= 15 is 0 Å². The van der Waals surface area contributed by atoms with Crippen molar-refractivity contribution in [2.45, 2.75) is 19.9 Å². The first-order chi connectivity index (χ1) is 12.4. The minimum absolute atomic E-state index is 0.0580. The number of nitrogens with zero attached hydrogens (tertiary/aromatic N) is 1. The predicted molar refractivity (Wildman–Crippen MR) is 102 cm³/mol. The van der Waals surface area contributed by atoms with Crippen LogP contribution in [0.5, 0.6) is 11.5 Å². The molecule has 0 spiro atoms. The summed E-state index contributed by atoms with van der Waals surface area (Å²) < 4.78 is 10.8. The largest absolute Gasteiger partial charge is 0.493 e. The Kier molecular flexibility index (Phi) is 7.03. The second-order valence-corrected chi connectivity index (χ2v) is 7.03. The van der Waals surface area contributed by atoms with Crippen LogP contribution in [0.2, 0.25) is 0 Å². The third-order valence-corrected chi connectivity index (χ3v) is 4.99. The van der Waals surface area contributed by atoms with Gasteiger partial charge >= 0.3 is 0 Å². The fourth-order valence-corrected chi connectivity index (χ4v) is 3.03. The lowest BCUT2D eigenvalue weighted by molar-refractivity contribution is -0.130. The van der Waals surface area contributed by atoms with Crippen LogP contribution in [0, 0.1) is 0 Å². The zero-order chi connectivity index (χ0) is 19.1. The maximum atomic E-state index is 12.2. The van der Waals surface area contributed by atoms with Crippen LogP contribution < -0.4 is 14.8 Å². The summed E-state index contributed by atoms with van der Waals surface area (Å²) in [4.78, 5) is 27.2. The minimum Gasteiger partial charge on any atom is -0.493 e. The number of aryl methyl sites for hydroxylation is 1. The number of methoxy groups -OCH3 is 1. The Morgan fingerprint density at radius 2 is 1.92 bits per heavy atom. The molecular formula is C19H24N2O4S. The maximum Gasteiger partial charge on any atom is 0.261 e. The number of hydrogen-bond acceptors (Lipinski definition) is 5. The van der Waals surface area contributed by atoms with Gasteiger partial charge in [-0.3, -0.25) is 9.59 Å². The molecule has 1 aromatic carbocycles. The summed E-state index contributed by atoms with van der Waals surface area (Å²) in [7, 11) is 4.88. The standard InChI is InChI=1S/C19H24N2O4S/c1-5-14-7-9-17(26-14)19(23)20-11-13-6-8-15(16(10-13)24-4)25-12-18(22)21(2)3/h6-10H,5,11-12H2,1-4H3,(H,20,23). The highest BCUT2D eigenvalue weighted by Crippen LogP contribution is 2.28. The van der Waals surface area contributed by atoms with Crippen LogP contribution in [-0.2, 0) is 17.8 Å². The van der Waals surface area contributed by atoms with Crippen molar-refractivity contribution in [2.24, 2.45) is 0 Å². The average molecular weight is 376 g/mol. The molecule has 26 heavy (non-hydrogen) atoms. The van der Waals surface area contributed by atoms with Crippen LogP contribution in [0.25, 0.3) is 0 Å². The molecule has 1 aromatic heterocycles. The van der Waals surface area contributed by atoms with Gasteiger partial charge in [-0.2, -0.15) is 0 Å². The average Bonchev–Trinajstić information content (AvgIpc) is 3.13. The van der Waals surface area contributed by atoms with Gasteiger partial charge in [0, 0.05) is 25.5 Å². The molecule has 2 rings (SSSR count). The summed E-state index contributed by atoms with van der Waals surface area (Å²) in [6.07, 6.45) is 0.924. The van der Waals surface area contributed by atoms with Gasteiger partial charge in [-0.1, -0.05) is 13.0 Å². The second kappa shape index (κ2) is 9.24. The van der Waals surface area contributed by atoms with E-state index < -0.39 is 0 Å². The molecule has 2 aromatic rings. The Bertz CT molecular complexity index is 771. The predicted octanol–water partition coefficient (Wildman–Crippen LogP) is 2.72. The van der Waals surface area contributed by atoms with Crippen molar-refractivity contribution >= 4 is 23.2 Å². The van der Waals surface area contributed by atoms with Gasteiger partial charge in [-0.15, -0.1) is 11.3 Å². The summed E-state index contributed by atoms with van der Waals surface area (Å²) in [5.41, 5.74) is 0.883. The Morgan fingerprint density at radius 1 is 1.15 bits per heavy atom. The smallest absolute Gasteiger partial charge is 0.261 e. The zero-order valence-corrected chi connectivity index (χ0v) is 16.3. The molecule has 0 aliphatic carbocycles. The van der Waals surface area contributed by atoms with E-state index in [1.165, 1.54) is 28.2 Å². The van der Waals surface area contributed by atoms with Crippen LogP contribution in [0.4, 0.5) is 0 Å². The molecule has 0 aliphatic rings. The van der Waals surface area contributed by atoms with Crippen molar-refractivity contribution in [3.05, 3.63) is 45.6 Å². The summed E-state index contributed by atoms with van der Waals surface area (Å²) in [6, 6.07) is 9.19. The van der Waals surface area contributed by atoms with Crippen molar-refractivity contribution in [2.75, 3.05) is 27.8 Å². The Hall–Kier alpha value is -2.54. The topological polar surface area (TPSA) is 67.9 Å². The number of hydrogen-bond donors (Lipinski definition) is 1. The highest BCUT2D eigenvalue weighted by molar-refractivity contribution is 7.14. The number of amides is 2. The quantitative estimate of drug-likeness (QED) is 0.769. The van der Waals surface area contributed by atoms with Crippen molar-refractivity contribution in [3.8, 4) is 11.5 Å². The molecule has 0 fully saturated rings. The Balaban J connectivity index is 1.97. The van der Waals surface area contributed by atoms with Crippen LogP contribution in [0.1, 0.15) is 27.0 Å². The van der Waals surface area contributed by atoms with Gasteiger partial charge in [0.2, 0.25) is 0 Å². The first-order valence-electron chi connectivity index (χ1n) is 8.31. The third kappa shape index (κ3) is 5.23. The monoisotopic (exact) mass is 376 g/mol. The molecule has 0 bridgehead atoms. The molecular weight excluding hydrogens is 352 g/mol. The first-order valence-corrected chi connectivity index (χ1v) is 9.13. The van der Waals surface area contributed by atoms with E-state index in [-0.39, 0.29) is 18.4 Å². The van der Waals surface area contributed by atoms with E-state index in [4.69, 9.17) is 9.47 Å². The Labute approximate surface area is 157 Å². The van der Waals surface area contributed by atoms with Gasteiger partial charge in [0.05, 0.1) is 12.0 Å².